The van der Waals surface area contributed by atoms with Crippen LogP contribution in [-0.4, -0.2) is 49.1 Å². The first kappa shape index (κ1) is 28.8. The fourth-order valence-corrected chi connectivity index (χ4v) is 3.28. The van der Waals surface area contributed by atoms with E-state index < -0.39 is 17.7 Å². The zero-order valence-electron chi connectivity index (χ0n) is 21.1. The lowest BCUT2D eigenvalue weighted by molar-refractivity contribution is -0.148. The van der Waals surface area contributed by atoms with Crippen molar-refractivity contribution in [1.82, 2.24) is 0 Å². The molecule has 0 aromatic heterocycles. The molecule has 0 saturated heterocycles. The largest absolute Gasteiger partial charge is 0.452 e. The Bertz CT molecular complexity index is 820. The second-order valence-electron chi connectivity index (χ2n) is 9.52. The highest BCUT2D eigenvalue weighted by atomic mass is 16.7. The molecule has 0 aliphatic heterocycles. The highest BCUT2D eigenvalue weighted by molar-refractivity contribution is 6.04. The molecule has 1 aliphatic carbocycles. The first-order valence-corrected chi connectivity index (χ1v) is 11.3. The summed E-state index contributed by atoms with van der Waals surface area (Å²) in [4.78, 5) is 25.2. The van der Waals surface area contributed by atoms with Crippen LogP contribution >= 0.6 is 0 Å². The van der Waals surface area contributed by atoms with Gasteiger partial charge in [-0.1, -0.05) is 36.3 Å². The molecule has 0 unspecified atom stereocenters. The van der Waals surface area contributed by atoms with Gasteiger partial charge in [-0.25, -0.2) is 4.79 Å². The van der Waals surface area contributed by atoms with Crippen molar-refractivity contribution < 1.29 is 28.9 Å². The average Bonchev–Trinajstić information content (AvgIpc) is 2.71. The summed E-state index contributed by atoms with van der Waals surface area (Å²) in [6.45, 7) is 11.5. The van der Waals surface area contributed by atoms with Gasteiger partial charge in [-0.05, 0) is 77.5 Å². The highest BCUT2D eigenvalue weighted by Crippen LogP contribution is 2.33. The number of carbonyl (C=O) groups excluding carboxylic acids is 2. The second kappa shape index (κ2) is 13.4. The van der Waals surface area contributed by atoms with Crippen LogP contribution < -0.4 is 0 Å². The Balaban J connectivity index is 3.39. The van der Waals surface area contributed by atoms with Crippen LogP contribution in [0.2, 0.25) is 0 Å². The first-order chi connectivity index (χ1) is 15.4. The third-order valence-corrected chi connectivity index (χ3v) is 5.33. The van der Waals surface area contributed by atoms with Gasteiger partial charge in [0, 0.05) is 18.8 Å². The molecule has 184 valence electrons. The zero-order chi connectivity index (χ0) is 25.1. The van der Waals surface area contributed by atoms with Gasteiger partial charge in [0.1, 0.15) is 12.4 Å². The molecule has 0 bridgehead atoms. The molecule has 0 spiro atoms. The van der Waals surface area contributed by atoms with Crippen molar-refractivity contribution in [2.45, 2.75) is 72.5 Å². The van der Waals surface area contributed by atoms with Crippen LogP contribution in [0.25, 0.3) is 0 Å². The number of allylic oxidation sites excluding steroid dienone is 6. The smallest absolute Gasteiger partial charge is 0.331 e. The van der Waals surface area contributed by atoms with Gasteiger partial charge in [0.15, 0.2) is 11.9 Å². The predicted octanol–water partition coefficient (Wildman–Crippen LogP) is 5.00. The van der Waals surface area contributed by atoms with E-state index in [0.29, 0.717) is 12.0 Å². The summed E-state index contributed by atoms with van der Waals surface area (Å²) in [7, 11) is 1.52. The molecule has 1 rings (SSSR count). The van der Waals surface area contributed by atoms with Gasteiger partial charge in [0.25, 0.3) is 0 Å². The number of ether oxygens (including phenoxy) is 3. The van der Waals surface area contributed by atoms with Crippen molar-refractivity contribution in [3.63, 3.8) is 0 Å². The minimum atomic E-state index is -1.58. The van der Waals surface area contributed by atoms with E-state index in [0.717, 1.165) is 18.4 Å². The van der Waals surface area contributed by atoms with Crippen molar-refractivity contribution in [2.75, 3.05) is 20.5 Å². The standard InChI is InChI=1S/C27H40O6/c1-20(2)9-8-13-26(5)14-10-22(18-32-19-31-7)23(28)11-16-27(6,30)24(12-15-26)33-25(29)17-21(3)4/h9-12,15-17,24,30H,8,13-14,18-19H2,1-7H3/b15-12+,16-11+,22-10-/t24-,26+,27-/m1/s1. The van der Waals surface area contributed by atoms with E-state index >= 15 is 0 Å². The molecule has 6 heteroatoms. The van der Waals surface area contributed by atoms with Crippen LogP contribution in [0.15, 0.2) is 59.3 Å². The summed E-state index contributed by atoms with van der Waals surface area (Å²) in [5, 5.41) is 11.1. The lowest BCUT2D eigenvalue weighted by atomic mass is 9.80. The minimum absolute atomic E-state index is 0.0756. The van der Waals surface area contributed by atoms with E-state index in [-0.39, 0.29) is 24.6 Å². The van der Waals surface area contributed by atoms with Crippen molar-refractivity contribution >= 4 is 11.8 Å². The summed E-state index contributed by atoms with van der Waals surface area (Å²) in [6.07, 6.45) is 13.1. The van der Waals surface area contributed by atoms with Crippen LogP contribution in [0.3, 0.4) is 0 Å². The molecule has 0 amide bonds. The molecule has 0 aromatic carbocycles. The first-order valence-electron chi connectivity index (χ1n) is 11.3. The van der Waals surface area contributed by atoms with E-state index in [2.05, 4.69) is 26.8 Å². The number of rotatable bonds is 9. The van der Waals surface area contributed by atoms with Gasteiger partial charge in [-0.2, -0.15) is 0 Å². The van der Waals surface area contributed by atoms with E-state index in [1.54, 1.807) is 19.9 Å². The number of methoxy groups -OCH3 is 1. The molecular weight excluding hydrogens is 420 g/mol. The van der Waals surface area contributed by atoms with E-state index in [1.165, 1.54) is 37.8 Å². The zero-order valence-corrected chi connectivity index (χ0v) is 21.1. The maximum atomic E-state index is 12.9. The van der Waals surface area contributed by atoms with Crippen LogP contribution in [-0.2, 0) is 23.8 Å². The molecule has 0 saturated carbocycles. The van der Waals surface area contributed by atoms with Crippen LogP contribution in [0, 0.1) is 5.41 Å². The number of aliphatic hydroxyl groups is 1. The fourth-order valence-electron chi connectivity index (χ4n) is 3.28. The Labute approximate surface area is 198 Å². The Morgan fingerprint density at radius 2 is 1.88 bits per heavy atom. The average molecular weight is 461 g/mol. The molecule has 0 heterocycles. The van der Waals surface area contributed by atoms with Crippen molar-refractivity contribution in [2.24, 2.45) is 5.41 Å². The predicted molar refractivity (Wildman–Crippen MR) is 131 cm³/mol. The molecule has 33 heavy (non-hydrogen) atoms. The maximum Gasteiger partial charge on any atom is 0.331 e. The van der Waals surface area contributed by atoms with E-state index in [4.69, 9.17) is 14.2 Å². The lowest BCUT2D eigenvalue weighted by Crippen LogP contribution is -2.39. The number of ketones is 1. The quantitative estimate of drug-likeness (QED) is 0.171. The summed E-state index contributed by atoms with van der Waals surface area (Å²) in [5.74, 6) is -0.813. The lowest BCUT2D eigenvalue weighted by Gasteiger charge is -2.29. The van der Waals surface area contributed by atoms with E-state index in [1.807, 2.05) is 12.2 Å². The second-order valence-corrected chi connectivity index (χ2v) is 9.52. The molecule has 0 radical (unpaired) electrons. The SMILES string of the molecule is COCOC/C1=C/C[C@](C)(CCC=C(C)C)/C=C/[C@@H](OC(=O)C=C(C)C)[C@](C)(O)/C=C/C1=O. The van der Waals surface area contributed by atoms with Gasteiger partial charge < -0.3 is 19.3 Å². The van der Waals surface area contributed by atoms with Gasteiger partial charge in [0.05, 0.1) is 6.61 Å². The monoisotopic (exact) mass is 460 g/mol. The van der Waals surface area contributed by atoms with Crippen molar-refractivity contribution in [1.29, 1.82) is 0 Å². The Morgan fingerprint density at radius 1 is 1.18 bits per heavy atom. The van der Waals surface area contributed by atoms with Crippen LogP contribution in [0.5, 0.6) is 0 Å². The van der Waals surface area contributed by atoms with Gasteiger partial charge in [-0.15, -0.1) is 0 Å². The topological polar surface area (TPSA) is 82.1 Å². The fraction of sp³-hybridized carbons (Fsp3) is 0.556. The molecule has 0 aromatic rings. The van der Waals surface area contributed by atoms with Crippen LogP contribution in [0.1, 0.15) is 60.8 Å². The Morgan fingerprint density at radius 3 is 2.48 bits per heavy atom. The molecule has 3 atom stereocenters. The third kappa shape index (κ3) is 10.9. The Hall–Kier alpha value is -2.28. The Kier molecular flexibility index (Phi) is 11.7. The maximum absolute atomic E-state index is 12.9. The van der Waals surface area contributed by atoms with Crippen molar-refractivity contribution in [3.05, 3.63) is 59.3 Å². The molecule has 0 fully saturated rings. The summed E-state index contributed by atoms with van der Waals surface area (Å²) in [6, 6.07) is 0. The summed E-state index contributed by atoms with van der Waals surface area (Å²) in [5.41, 5.74) is 0.601. The third-order valence-electron chi connectivity index (χ3n) is 5.33. The molecule has 6 nitrogen and oxygen atoms in total. The van der Waals surface area contributed by atoms with Gasteiger partial charge >= 0.3 is 5.97 Å². The normalized spacial score (nSPS) is 29.2. The number of esters is 1. The molecule has 1 aliphatic rings. The molecule has 1 N–H and O–H groups in total. The van der Waals surface area contributed by atoms with E-state index in [9.17, 15) is 14.7 Å². The number of hydrogen-bond donors (Lipinski definition) is 1. The number of hydrogen-bond acceptors (Lipinski definition) is 6. The highest BCUT2D eigenvalue weighted by Gasteiger charge is 2.32. The van der Waals surface area contributed by atoms with Gasteiger partial charge in [0.2, 0.25) is 0 Å². The van der Waals surface area contributed by atoms with Crippen LogP contribution in [0.4, 0.5) is 0 Å². The minimum Gasteiger partial charge on any atom is -0.452 e. The summed E-state index contributed by atoms with van der Waals surface area (Å²) < 4.78 is 15.9. The van der Waals surface area contributed by atoms with Crippen molar-refractivity contribution in [3.8, 4) is 0 Å². The van der Waals surface area contributed by atoms with Gasteiger partial charge in [-0.3, -0.25) is 4.79 Å². The molecular formula is C27H40O6. The summed E-state index contributed by atoms with van der Waals surface area (Å²) >= 11 is 0. The number of carbonyl (C=O) groups is 2.